The first kappa shape index (κ1) is 36.4. The normalized spacial score (nSPS) is 22.6. The van der Waals surface area contributed by atoms with Gasteiger partial charge in [-0.1, -0.05) is 103 Å². The predicted molar refractivity (Wildman–Crippen MR) is 178 cm³/mol. The zero-order valence-electron chi connectivity index (χ0n) is 26.9. The van der Waals surface area contributed by atoms with E-state index in [-0.39, 0.29) is 13.2 Å². The van der Waals surface area contributed by atoms with E-state index in [9.17, 15) is 19.7 Å². The maximum absolute atomic E-state index is 12.5. The quantitative estimate of drug-likeness (QED) is 0.0812. The average molecular weight is 668 g/mol. The summed E-state index contributed by atoms with van der Waals surface area (Å²) >= 11 is 1.59. The van der Waals surface area contributed by atoms with Crippen molar-refractivity contribution in [3.63, 3.8) is 0 Å². The lowest BCUT2D eigenvalue weighted by molar-refractivity contribution is -0.0238. The van der Waals surface area contributed by atoms with Crippen molar-refractivity contribution in [3.05, 3.63) is 28.7 Å². The molecule has 0 amide bonds. The molecular weight excluding hydrogens is 613 g/mol. The number of hydrogen-bond donors (Lipinski definition) is 3. The third-order valence-electron chi connectivity index (χ3n) is 8.89. The van der Waals surface area contributed by atoms with Crippen LogP contribution in [0.1, 0.15) is 115 Å². The number of unbranched alkanes of at least 4 members (excludes halogenated alkanes) is 15. The van der Waals surface area contributed by atoms with Gasteiger partial charge in [-0.15, -0.1) is 0 Å². The van der Waals surface area contributed by atoms with Gasteiger partial charge in [-0.05, 0) is 24.3 Å². The molecule has 0 bridgehead atoms. The number of nitrogens with zero attached hydrogens (tertiary/aromatic N) is 3. The van der Waals surface area contributed by atoms with Crippen LogP contribution in [0.5, 0.6) is 0 Å². The molecule has 0 spiro atoms. The molecule has 5 atom stereocenters. The summed E-state index contributed by atoms with van der Waals surface area (Å²) in [6, 6.07) is 2.00. The van der Waals surface area contributed by atoms with Crippen LogP contribution in [0, 0.1) is 0 Å². The Bertz CT molecular complexity index is 1160. The molecule has 2 aliphatic rings. The van der Waals surface area contributed by atoms with Gasteiger partial charge in [0.15, 0.2) is 6.23 Å². The third-order valence-corrected chi connectivity index (χ3v) is 10.6. The molecule has 2 unspecified atom stereocenters. The van der Waals surface area contributed by atoms with Gasteiger partial charge in [0, 0.05) is 23.1 Å². The van der Waals surface area contributed by atoms with Crippen molar-refractivity contribution in [2.45, 2.75) is 141 Å². The second kappa shape index (κ2) is 19.4. The fourth-order valence-electron chi connectivity index (χ4n) is 6.27. The zero-order valence-corrected chi connectivity index (χ0v) is 28.6. The first-order valence-electron chi connectivity index (χ1n) is 17.2. The minimum Gasteiger partial charge on any atom is -0.387 e. The highest BCUT2D eigenvalue weighted by molar-refractivity contribution is 7.47. The molecule has 1 saturated heterocycles. The monoisotopic (exact) mass is 667 g/mol. The van der Waals surface area contributed by atoms with Gasteiger partial charge in [0.05, 0.1) is 18.9 Å². The number of ether oxygens (including phenoxy) is 1. The van der Waals surface area contributed by atoms with E-state index in [0.29, 0.717) is 25.2 Å². The summed E-state index contributed by atoms with van der Waals surface area (Å²) in [4.78, 5) is 20.9. The first-order chi connectivity index (χ1) is 21.9. The van der Waals surface area contributed by atoms with E-state index in [1.165, 1.54) is 89.8 Å². The Morgan fingerprint density at radius 3 is 2.13 bits per heavy atom. The highest BCUT2D eigenvalue weighted by atomic mass is 32.1. The molecule has 254 valence electrons. The number of anilines is 1. The number of thiophene rings is 1. The summed E-state index contributed by atoms with van der Waals surface area (Å²) in [7, 11) is -4.32. The lowest BCUT2D eigenvalue weighted by Crippen LogP contribution is -2.43. The summed E-state index contributed by atoms with van der Waals surface area (Å²) in [6.45, 7) is 2.54. The maximum Gasteiger partial charge on any atom is 0.472 e. The number of fused-ring (bicyclic) bond motifs is 1. The number of phosphoric acid groups is 1. The van der Waals surface area contributed by atoms with Gasteiger partial charge in [0.25, 0.3) is 0 Å². The van der Waals surface area contributed by atoms with Crippen molar-refractivity contribution in [1.29, 1.82) is 0 Å². The Labute approximate surface area is 273 Å². The van der Waals surface area contributed by atoms with E-state index in [1.54, 1.807) is 11.3 Å². The smallest absolute Gasteiger partial charge is 0.387 e. The number of hydrogen-bond acceptors (Lipinski definition) is 10. The van der Waals surface area contributed by atoms with Gasteiger partial charge in [0.2, 0.25) is 0 Å². The molecule has 0 saturated carbocycles. The van der Waals surface area contributed by atoms with Crippen LogP contribution in [-0.4, -0.2) is 69.4 Å². The SMILES string of the molecule is CCCCCCCCCCCCCCCCCCOP(=O)(O)OC[C@H]1O[C@@H](N2CCc3c(-c4ccsc4)ncnc32)[C@@H](O)C1O. The van der Waals surface area contributed by atoms with E-state index in [2.05, 4.69) is 16.9 Å². The number of aliphatic hydroxyl groups is 2. The minimum absolute atomic E-state index is 0.127. The Morgan fingerprint density at radius 2 is 1.53 bits per heavy atom. The number of aliphatic hydroxyl groups excluding tert-OH is 2. The fourth-order valence-corrected chi connectivity index (χ4v) is 7.68. The summed E-state index contributed by atoms with van der Waals surface area (Å²) in [5, 5.41) is 25.4. The van der Waals surface area contributed by atoms with E-state index in [4.69, 9.17) is 13.8 Å². The van der Waals surface area contributed by atoms with E-state index < -0.39 is 32.4 Å². The predicted octanol–water partition coefficient (Wildman–Crippen LogP) is 7.41. The second-order valence-electron chi connectivity index (χ2n) is 12.4. The summed E-state index contributed by atoms with van der Waals surface area (Å²) < 4.78 is 28.7. The van der Waals surface area contributed by atoms with Crippen LogP contribution in [-0.2, 0) is 24.8 Å². The molecule has 3 N–H and O–H groups in total. The molecule has 2 aromatic rings. The molecule has 2 aliphatic heterocycles. The van der Waals surface area contributed by atoms with Gasteiger partial charge in [-0.25, -0.2) is 14.5 Å². The molecule has 10 nitrogen and oxygen atoms in total. The second-order valence-corrected chi connectivity index (χ2v) is 14.7. The summed E-state index contributed by atoms with van der Waals surface area (Å²) in [5.41, 5.74) is 2.82. The van der Waals surface area contributed by atoms with Crippen molar-refractivity contribution in [2.75, 3.05) is 24.7 Å². The zero-order chi connectivity index (χ0) is 31.9. The molecule has 12 heteroatoms. The molecular formula is C33H54N3O7PS. The van der Waals surface area contributed by atoms with E-state index in [0.717, 1.165) is 29.7 Å². The molecule has 45 heavy (non-hydrogen) atoms. The minimum atomic E-state index is -4.32. The average Bonchev–Trinajstić information content (AvgIpc) is 3.78. The molecule has 4 rings (SSSR count). The molecule has 0 aliphatic carbocycles. The molecule has 0 radical (unpaired) electrons. The van der Waals surface area contributed by atoms with Crippen LogP contribution in [0.25, 0.3) is 11.3 Å². The number of aromatic nitrogens is 2. The molecule has 2 aromatic heterocycles. The van der Waals surface area contributed by atoms with Crippen molar-refractivity contribution in [3.8, 4) is 11.3 Å². The van der Waals surface area contributed by atoms with Crippen LogP contribution >= 0.6 is 19.2 Å². The summed E-state index contributed by atoms with van der Waals surface area (Å²) in [5.74, 6) is 0.652. The topological polar surface area (TPSA) is 134 Å². The van der Waals surface area contributed by atoms with Gasteiger partial charge in [0.1, 0.15) is 30.5 Å². The van der Waals surface area contributed by atoms with E-state index in [1.807, 2.05) is 21.7 Å². The van der Waals surface area contributed by atoms with Gasteiger partial charge < -0.3 is 24.7 Å². The van der Waals surface area contributed by atoms with E-state index >= 15 is 0 Å². The van der Waals surface area contributed by atoms with Crippen molar-refractivity contribution < 1.29 is 33.5 Å². The summed E-state index contributed by atoms with van der Waals surface area (Å²) in [6.07, 6.45) is 17.8. The van der Waals surface area contributed by atoms with Crippen molar-refractivity contribution in [1.82, 2.24) is 9.97 Å². The van der Waals surface area contributed by atoms with Gasteiger partial charge in [-0.2, -0.15) is 11.3 Å². The van der Waals surface area contributed by atoms with Crippen molar-refractivity contribution in [2.24, 2.45) is 0 Å². The van der Waals surface area contributed by atoms with Crippen LogP contribution < -0.4 is 4.90 Å². The standard InChI is InChI=1S/C33H54N3O7PS/c1-2-3-4-5-6-7-8-9-10-11-12-13-14-15-16-17-21-41-44(39,40)42-23-28-30(37)31(38)33(43-28)36-20-18-27-29(26-19-22-45-24-26)34-25-35-32(27)36/h19,22,24-25,28,30-31,33,37-38H,2-18,20-21,23H2,1H3,(H,39,40)/t28-,30?,31+,33-/m1/s1. The Hall–Kier alpha value is -1.43. The molecule has 0 aromatic carbocycles. The van der Waals surface area contributed by atoms with Crippen LogP contribution in [0.2, 0.25) is 0 Å². The molecule has 4 heterocycles. The fraction of sp³-hybridized carbons (Fsp3) is 0.758. The first-order valence-corrected chi connectivity index (χ1v) is 19.6. The third kappa shape index (κ3) is 11.4. The number of rotatable bonds is 23. The Balaban J connectivity index is 1.05. The maximum atomic E-state index is 12.5. The van der Waals surface area contributed by atoms with Gasteiger partial charge >= 0.3 is 7.82 Å². The Morgan fingerprint density at radius 1 is 0.911 bits per heavy atom. The lowest BCUT2D eigenvalue weighted by Gasteiger charge is -2.27. The van der Waals surface area contributed by atoms with Crippen molar-refractivity contribution >= 4 is 25.0 Å². The highest BCUT2D eigenvalue weighted by Gasteiger charge is 2.48. The Kier molecular flexibility index (Phi) is 15.7. The molecule has 1 fully saturated rings. The lowest BCUT2D eigenvalue weighted by atomic mass is 10.0. The van der Waals surface area contributed by atoms with Gasteiger partial charge in [-0.3, -0.25) is 9.05 Å². The highest BCUT2D eigenvalue weighted by Crippen LogP contribution is 2.45. The largest absolute Gasteiger partial charge is 0.472 e. The van der Waals surface area contributed by atoms with Crippen LogP contribution in [0.4, 0.5) is 5.82 Å². The van der Waals surface area contributed by atoms with Crippen LogP contribution in [0.15, 0.2) is 23.2 Å². The van der Waals surface area contributed by atoms with Crippen LogP contribution in [0.3, 0.4) is 0 Å². The number of phosphoric ester groups is 1.